The number of fused-ring (bicyclic) bond motifs is 1. The van der Waals surface area contributed by atoms with E-state index in [0.29, 0.717) is 6.54 Å². The van der Waals surface area contributed by atoms with Gasteiger partial charge < -0.3 is 11.1 Å². The first-order valence-electron chi connectivity index (χ1n) is 6.55. The molecule has 0 aliphatic carbocycles. The molecule has 0 radical (unpaired) electrons. The molecular formula is C15H17N5. The Morgan fingerprint density at radius 3 is 2.85 bits per heavy atom. The summed E-state index contributed by atoms with van der Waals surface area (Å²) in [6, 6.07) is 10.2. The second-order valence-electron chi connectivity index (χ2n) is 4.90. The summed E-state index contributed by atoms with van der Waals surface area (Å²) in [6.45, 7) is 4.57. The van der Waals surface area contributed by atoms with E-state index in [0.717, 1.165) is 22.8 Å². The molecular weight excluding hydrogens is 250 g/mol. The van der Waals surface area contributed by atoms with Gasteiger partial charge in [-0.1, -0.05) is 12.1 Å². The van der Waals surface area contributed by atoms with Gasteiger partial charge in [-0.3, -0.25) is 0 Å². The normalized spacial score (nSPS) is 10.9. The summed E-state index contributed by atoms with van der Waals surface area (Å²) in [5.41, 5.74) is 10.7. The molecule has 0 atom stereocenters. The minimum absolute atomic E-state index is 0.420. The molecule has 0 aliphatic heterocycles. The molecule has 3 rings (SSSR count). The molecule has 0 unspecified atom stereocenters. The number of rotatable bonds is 3. The zero-order chi connectivity index (χ0) is 14.1. The van der Waals surface area contributed by atoms with Crippen LogP contribution in [-0.2, 0) is 6.54 Å². The van der Waals surface area contributed by atoms with Crippen LogP contribution in [0.15, 0.2) is 36.5 Å². The van der Waals surface area contributed by atoms with Crippen molar-refractivity contribution in [2.45, 2.75) is 20.4 Å². The highest BCUT2D eigenvalue weighted by Gasteiger charge is 2.04. The van der Waals surface area contributed by atoms with Crippen LogP contribution in [0.1, 0.15) is 16.8 Å². The van der Waals surface area contributed by atoms with Crippen LogP contribution in [0.2, 0.25) is 0 Å². The Balaban J connectivity index is 1.96. The predicted octanol–water partition coefficient (Wildman–Crippen LogP) is 2.55. The van der Waals surface area contributed by atoms with Crippen LogP contribution in [0, 0.1) is 13.8 Å². The summed E-state index contributed by atoms with van der Waals surface area (Å²) in [4.78, 5) is 4.36. The quantitative estimate of drug-likeness (QED) is 0.765. The van der Waals surface area contributed by atoms with Gasteiger partial charge in [0.05, 0.1) is 11.9 Å². The van der Waals surface area contributed by atoms with Gasteiger partial charge in [0.2, 0.25) is 0 Å². The molecule has 0 saturated heterocycles. The highest BCUT2D eigenvalue weighted by atomic mass is 15.3. The van der Waals surface area contributed by atoms with Gasteiger partial charge in [0, 0.05) is 12.2 Å². The van der Waals surface area contributed by atoms with Crippen LogP contribution in [0.5, 0.6) is 0 Å². The molecule has 3 aromatic rings. The predicted molar refractivity (Wildman–Crippen MR) is 80.1 cm³/mol. The van der Waals surface area contributed by atoms with Crippen molar-refractivity contribution in [1.82, 2.24) is 14.6 Å². The highest BCUT2D eigenvalue weighted by molar-refractivity contribution is 5.61. The van der Waals surface area contributed by atoms with Crippen molar-refractivity contribution in [1.29, 1.82) is 0 Å². The lowest BCUT2D eigenvalue weighted by molar-refractivity contribution is 0.934. The third-order valence-electron chi connectivity index (χ3n) is 3.23. The topological polar surface area (TPSA) is 68.2 Å². The van der Waals surface area contributed by atoms with Crippen molar-refractivity contribution in [3.8, 4) is 0 Å². The van der Waals surface area contributed by atoms with Gasteiger partial charge in [-0.2, -0.15) is 0 Å². The van der Waals surface area contributed by atoms with Crippen LogP contribution in [-0.4, -0.2) is 14.6 Å². The second kappa shape index (κ2) is 4.94. The van der Waals surface area contributed by atoms with E-state index in [2.05, 4.69) is 47.4 Å². The van der Waals surface area contributed by atoms with Gasteiger partial charge in [0.15, 0.2) is 11.5 Å². The Morgan fingerprint density at radius 2 is 2.05 bits per heavy atom. The van der Waals surface area contributed by atoms with E-state index in [1.54, 1.807) is 4.52 Å². The van der Waals surface area contributed by atoms with Gasteiger partial charge in [0.25, 0.3) is 0 Å². The number of nitrogens with zero attached hydrogens (tertiary/aromatic N) is 3. The summed E-state index contributed by atoms with van der Waals surface area (Å²) in [5.74, 6) is 0.784. The van der Waals surface area contributed by atoms with Crippen molar-refractivity contribution in [2.24, 2.45) is 5.73 Å². The van der Waals surface area contributed by atoms with Crippen molar-refractivity contribution in [3.63, 3.8) is 0 Å². The Morgan fingerprint density at radius 1 is 1.20 bits per heavy atom. The number of hydrogen-bond acceptors (Lipinski definition) is 4. The molecule has 0 fully saturated rings. The molecule has 2 heterocycles. The average molecular weight is 267 g/mol. The third-order valence-corrected chi connectivity index (χ3v) is 3.23. The number of nitrogens with one attached hydrogen (secondary N) is 1. The summed E-state index contributed by atoms with van der Waals surface area (Å²) in [6.07, 6.45) is 1.85. The van der Waals surface area contributed by atoms with Crippen molar-refractivity contribution >= 4 is 17.2 Å². The van der Waals surface area contributed by atoms with Crippen LogP contribution in [0.3, 0.4) is 0 Å². The lowest BCUT2D eigenvalue weighted by Gasteiger charge is -2.09. The van der Waals surface area contributed by atoms with E-state index in [1.165, 1.54) is 11.1 Å². The molecule has 0 aliphatic rings. The standard InChI is InChI=1S/C15H17N5/c1-10-3-4-11(2)13(7-10)18-14-5-6-15-17-12(8-16)9-20(15)19-14/h3-7,9H,8,16H2,1-2H3,(H,18,19). The molecule has 0 saturated carbocycles. The van der Waals surface area contributed by atoms with Gasteiger partial charge in [-0.05, 0) is 43.2 Å². The molecule has 0 spiro atoms. The van der Waals surface area contributed by atoms with E-state index in [4.69, 9.17) is 5.73 Å². The molecule has 2 aromatic heterocycles. The number of anilines is 2. The zero-order valence-corrected chi connectivity index (χ0v) is 11.6. The Bertz CT molecular complexity index is 760. The fourth-order valence-corrected chi connectivity index (χ4v) is 2.10. The fraction of sp³-hybridized carbons (Fsp3) is 0.200. The van der Waals surface area contributed by atoms with Gasteiger partial charge in [-0.15, -0.1) is 5.10 Å². The number of hydrogen-bond donors (Lipinski definition) is 2. The molecule has 5 heteroatoms. The summed E-state index contributed by atoms with van der Waals surface area (Å²) < 4.78 is 1.75. The first-order valence-corrected chi connectivity index (χ1v) is 6.55. The maximum Gasteiger partial charge on any atom is 0.153 e. The number of aryl methyl sites for hydroxylation is 2. The molecule has 5 nitrogen and oxygen atoms in total. The van der Waals surface area contributed by atoms with Gasteiger partial charge in [0.1, 0.15) is 0 Å². The fourth-order valence-electron chi connectivity index (χ4n) is 2.10. The van der Waals surface area contributed by atoms with E-state index < -0.39 is 0 Å². The van der Waals surface area contributed by atoms with E-state index in [1.807, 2.05) is 18.3 Å². The molecule has 20 heavy (non-hydrogen) atoms. The summed E-state index contributed by atoms with van der Waals surface area (Å²) in [5, 5.41) is 7.84. The Labute approximate surface area is 117 Å². The van der Waals surface area contributed by atoms with Gasteiger partial charge >= 0.3 is 0 Å². The van der Waals surface area contributed by atoms with Crippen LogP contribution in [0.25, 0.3) is 5.65 Å². The average Bonchev–Trinajstić information content (AvgIpc) is 2.85. The largest absolute Gasteiger partial charge is 0.339 e. The SMILES string of the molecule is Cc1ccc(C)c(Nc2ccc3nc(CN)cn3n2)c1. The smallest absolute Gasteiger partial charge is 0.153 e. The Hall–Kier alpha value is -2.40. The minimum atomic E-state index is 0.420. The maximum absolute atomic E-state index is 5.59. The van der Waals surface area contributed by atoms with Gasteiger partial charge in [-0.25, -0.2) is 9.50 Å². The second-order valence-corrected chi connectivity index (χ2v) is 4.90. The number of imidazole rings is 1. The lowest BCUT2D eigenvalue weighted by atomic mass is 10.1. The molecule has 0 amide bonds. The lowest BCUT2D eigenvalue weighted by Crippen LogP contribution is -2.00. The zero-order valence-electron chi connectivity index (χ0n) is 11.6. The van der Waals surface area contributed by atoms with Crippen LogP contribution >= 0.6 is 0 Å². The highest BCUT2D eigenvalue weighted by Crippen LogP contribution is 2.20. The van der Waals surface area contributed by atoms with E-state index in [-0.39, 0.29) is 0 Å². The summed E-state index contributed by atoms with van der Waals surface area (Å²) in [7, 11) is 0. The molecule has 3 N–H and O–H groups in total. The van der Waals surface area contributed by atoms with Crippen LogP contribution in [0.4, 0.5) is 11.5 Å². The van der Waals surface area contributed by atoms with Crippen molar-refractivity contribution in [2.75, 3.05) is 5.32 Å². The Kier molecular flexibility index (Phi) is 3.12. The van der Waals surface area contributed by atoms with E-state index in [9.17, 15) is 0 Å². The monoisotopic (exact) mass is 267 g/mol. The third kappa shape index (κ3) is 2.35. The van der Waals surface area contributed by atoms with E-state index >= 15 is 0 Å². The molecule has 102 valence electrons. The number of aromatic nitrogens is 3. The maximum atomic E-state index is 5.59. The summed E-state index contributed by atoms with van der Waals surface area (Å²) >= 11 is 0. The number of nitrogens with two attached hydrogens (primary N) is 1. The first-order chi connectivity index (χ1) is 9.65. The first kappa shape index (κ1) is 12.6. The molecule has 1 aromatic carbocycles. The van der Waals surface area contributed by atoms with Crippen molar-refractivity contribution < 1.29 is 0 Å². The minimum Gasteiger partial charge on any atom is -0.339 e. The number of benzene rings is 1. The van der Waals surface area contributed by atoms with Crippen molar-refractivity contribution in [3.05, 3.63) is 53.3 Å². The molecule has 0 bridgehead atoms. The van der Waals surface area contributed by atoms with Crippen LogP contribution < -0.4 is 11.1 Å².